The van der Waals surface area contributed by atoms with Crippen molar-refractivity contribution in [1.82, 2.24) is 4.90 Å². The van der Waals surface area contributed by atoms with Crippen LogP contribution in [0, 0.1) is 10.8 Å². The van der Waals surface area contributed by atoms with E-state index >= 15 is 0 Å². The average Bonchev–Trinajstić information content (AvgIpc) is 2.83. The fraction of sp³-hybridized carbons (Fsp3) is 0.406. The number of Topliss-reactive ketones (excluding diaryl/α,β-unsaturated/α-hetero) is 2. The predicted molar refractivity (Wildman–Crippen MR) is 170 cm³/mol. The van der Waals surface area contributed by atoms with Crippen LogP contribution in [-0.4, -0.2) is 34.1 Å². The number of aliphatic carboxylic acids is 1. The van der Waals surface area contributed by atoms with Crippen molar-refractivity contribution in [2.75, 3.05) is 6.54 Å². The van der Waals surface area contributed by atoms with Crippen LogP contribution in [0.1, 0.15) is 70.4 Å². The highest BCUT2D eigenvalue weighted by Gasteiger charge is 2.50. The van der Waals surface area contributed by atoms with E-state index in [2.05, 4.69) is 31.9 Å². The van der Waals surface area contributed by atoms with E-state index in [4.69, 9.17) is 27.9 Å². The zero-order chi connectivity index (χ0) is 30.7. The Morgan fingerprint density at radius 2 is 1.52 bits per heavy atom. The summed E-state index contributed by atoms with van der Waals surface area (Å²) in [5.41, 5.74) is 2.94. The lowest BCUT2D eigenvalue weighted by Crippen LogP contribution is -2.45. The van der Waals surface area contributed by atoms with E-state index in [1.807, 2.05) is 39.8 Å². The number of nitrogens with zero attached hydrogens (tertiary/aromatic N) is 1. The molecule has 0 aromatic heterocycles. The molecule has 0 fully saturated rings. The minimum absolute atomic E-state index is 0.0892. The minimum Gasteiger partial charge on any atom is -0.487 e. The van der Waals surface area contributed by atoms with Gasteiger partial charge in [0.05, 0.1) is 4.47 Å². The molecule has 1 aliphatic heterocycles. The zero-order valence-corrected chi connectivity index (χ0v) is 28.4. The molecule has 0 radical (unpaired) electrons. The van der Waals surface area contributed by atoms with E-state index in [1.54, 1.807) is 23.1 Å². The first-order chi connectivity index (χ1) is 19.6. The van der Waals surface area contributed by atoms with Crippen molar-refractivity contribution in [3.8, 4) is 5.75 Å². The third-order valence-electron chi connectivity index (χ3n) is 8.05. The smallest absolute Gasteiger partial charge is 0.323 e. The Hall–Kier alpha value is -2.13. The molecule has 2 aromatic carbocycles. The molecule has 222 valence electrons. The van der Waals surface area contributed by atoms with Crippen molar-refractivity contribution in [3.05, 3.63) is 83.0 Å². The molecule has 0 spiro atoms. The molecule has 0 bridgehead atoms. The lowest BCUT2D eigenvalue weighted by atomic mass is 9.63. The second-order valence-corrected chi connectivity index (χ2v) is 15.5. The molecule has 1 heterocycles. The van der Waals surface area contributed by atoms with Gasteiger partial charge in [0, 0.05) is 66.9 Å². The second-order valence-electron chi connectivity index (χ2n) is 12.8. The highest BCUT2D eigenvalue weighted by Crippen LogP contribution is 2.56. The lowest BCUT2D eigenvalue weighted by molar-refractivity contribution is -0.138. The first-order valence-corrected chi connectivity index (χ1v) is 16.0. The van der Waals surface area contributed by atoms with Gasteiger partial charge >= 0.3 is 5.97 Å². The molecule has 5 rings (SSSR count). The van der Waals surface area contributed by atoms with Crippen molar-refractivity contribution in [3.63, 3.8) is 0 Å². The van der Waals surface area contributed by atoms with Gasteiger partial charge in [0.1, 0.15) is 18.9 Å². The van der Waals surface area contributed by atoms with Gasteiger partial charge in [-0.2, -0.15) is 0 Å². The summed E-state index contributed by atoms with van der Waals surface area (Å²) in [6.07, 6.45) is 1.60. The quantitative estimate of drug-likeness (QED) is 0.319. The molecule has 1 N–H and O–H groups in total. The van der Waals surface area contributed by atoms with E-state index in [0.717, 1.165) is 10.0 Å². The molecule has 0 unspecified atom stereocenters. The van der Waals surface area contributed by atoms with Crippen LogP contribution >= 0.6 is 55.1 Å². The van der Waals surface area contributed by atoms with Gasteiger partial charge < -0.3 is 14.7 Å². The monoisotopic (exact) mass is 737 g/mol. The van der Waals surface area contributed by atoms with Crippen LogP contribution in [0.5, 0.6) is 5.75 Å². The Bertz CT molecular complexity index is 1540. The molecule has 42 heavy (non-hydrogen) atoms. The Balaban J connectivity index is 1.75. The molecule has 0 saturated carbocycles. The zero-order valence-electron chi connectivity index (χ0n) is 23.7. The number of allylic oxidation sites excluding steroid dienone is 4. The van der Waals surface area contributed by atoms with E-state index in [1.165, 1.54) is 0 Å². The van der Waals surface area contributed by atoms with Gasteiger partial charge in [-0.05, 0) is 63.9 Å². The average molecular weight is 740 g/mol. The molecule has 0 amide bonds. The van der Waals surface area contributed by atoms with Gasteiger partial charge in [0.2, 0.25) is 0 Å². The molecule has 2 aromatic rings. The Morgan fingerprint density at radius 3 is 2.05 bits per heavy atom. The van der Waals surface area contributed by atoms with E-state index in [-0.39, 0.29) is 48.4 Å². The number of hydrogen-bond donors (Lipinski definition) is 1. The van der Waals surface area contributed by atoms with Crippen molar-refractivity contribution < 1.29 is 24.2 Å². The Labute approximate surface area is 272 Å². The number of ether oxygens (including phenoxy) is 1. The van der Waals surface area contributed by atoms with Crippen LogP contribution in [0.2, 0.25) is 10.0 Å². The molecule has 0 saturated heterocycles. The van der Waals surface area contributed by atoms with E-state index in [9.17, 15) is 19.5 Å². The van der Waals surface area contributed by atoms with Crippen molar-refractivity contribution >= 4 is 72.6 Å². The molecule has 6 nitrogen and oxygen atoms in total. The summed E-state index contributed by atoms with van der Waals surface area (Å²) < 4.78 is 7.80. The first-order valence-electron chi connectivity index (χ1n) is 13.6. The molecule has 3 aliphatic rings. The number of carboxylic acid groups (broad SMARTS) is 1. The van der Waals surface area contributed by atoms with Crippen LogP contribution in [0.4, 0.5) is 0 Å². The fourth-order valence-corrected chi connectivity index (χ4v) is 8.26. The molecular formula is C32H31Br2Cl2NO5. The van der Waals surface area contributed by atoms with Gasteiger partial charge in [-0.3, -0.25) is 14.4 Å². The topological polar surface area (TPSA) is 83.9 Å². The van der Waals surface area contributed by atoms with E-state index < -0.39 is 11.9 Å². The summed E-state index contributed by atoms with van der Waals surface area (Å²) in [6, 6.07) is 8.92. The van der Waals surface area contributed by atoms with Crippen molar-refractivity contribution in [2.24, 2.45) is 10.8 Å². The number of carbonyl (C=O) groups is 3. The Morgan fingerprint density at radius 1 is 0.952 bits per heavy atom. The summed E-state index contributed by atoms with van der Waals surface area (Å²) in [4.78, 5) is 42.0. The Kier molecular flexibility index (Phi) is 8.51. The maximum absolute atomic E-state index is 14.0. The normalized spacial score (nSPS) is 20.0. The summed E-state index contributed by atoms with van der Waals surface area (Å²) in [5.74, 6) is -1.43. The molecule has 0 atom stereocenters. The number of carboxylic acids is 1. The first kappa shape index (κ1) is 31.3. The summed E-state index contributed by atoms with van der Waals surface area (Å²) in [5, 5.41) is 10.9. The number of benzene rings is 2. The van der Waals surface area contributed by atoms with Crippen LogP contribution in [0.15, 0.2) is 61.8 Å². The second kappa shape index (κ2) is 11.4. The summed E-state index contributed by atoms with van der Waals surface area (Å²) in [7, 11) is 0. The van der Waals surface area contributed by atoms with Crippen molar-refractivity contribution in [1.29, 1.82) is 0 Å². The van der Waals surface area contributed by atoms with Crippen LogP contribution < -0.4 is 4.74 Å². The van der Waals surface area contributed by atoms with E-state index in [0.29, 0.717) is 61.2 Å². The number of ketones is 2. The largest absolute Gasteiger partial charge is 0.487 e. The predicted octanol–water partition coefficient (Wildman–Crippen LogP) is 8.87. The summed E-state index contributed by atoms with van der Waals surface area (Å²) in [6.45, 7) is 7.87. The number of hydrogen-bond acceptors (Lipinski definition) is 5. The fourth-order valence-electron chi connectivity index (χ4n) is 6.42. The van der Waals surface area contributed by atoms with Gasteiger partial charge in [-0.15, -0.1) is 0 Å². The number of rotatable bonds is 6. The maximum atomic E-state index is 14.0. The molecule has 10 heteroatoms. The number of carbonyl (C=O) groups excluding carboxylic acids is 2. The van der Waals surface area contributed by atoms with Crippen molar-refractivity contribution in [2.45, 2.75) is 65.9 Å². The van der Waals surface area contributed by atoms with Crippen LogP contribution in [-0.2, 0) is 21.0 Å². The van der Waals surface area contributed by atoms with Gasteiger partial charge in [-0.1, -0.05) is 72.9 Å². The highest BCUT2D eigenvalue weighted by atomic mass is 79.9. The highest BCUT2D eigenvalue weighted by molar-refractivity contribution is 9.11. The standard InChI is InChI=1S/C32H31Br2Cl2NO5/c1-31(2)10-22-28(24(38)12-31)27(29-23(37(22)14-26(40)41)11-32(3,4)13-25(29)39)19-7-17(33)8-20(34)30(19)42-15-16-5-6-18(35)9-21(16)36/h5-9,27H,10-15H2,1-4H3,(H,40,41). The van der Waals surface area contributed by atoms with Gasteiger partial charge in [0.25, 0.3) is 0 Å². The summed E-state index contributed by atoms with van der Waals surface area (Å²) >= 11 is 19.8. The van der Waals surface area contributed by atoms with Gasteiger partial charge in [0.15, 0.2) is 11.6 Å². The van der Waals surface area contributed by atoms with Crippen LogP contribution in [0.3, 0.4) is 0 Å². The van der Waals surface area contributed by atoms with Gasteiger partial charge in [-0.25, -0.2) is 0 Å². The SMILES string of the molecule is CC1(C)CC(=O)C2=C(C1)N(CC(=O)O)C1=C(C(=O)CC(C)(C)C1)C2c1cc(Br)cc(Br)c1OCc1ccc(Cl)cc1Cl. The minimum atomic E-state index is -1.02. The maximum Gasteiger partial charge on any atom is 0.323 e. The lowest BCUT2D eigenvalue weighted by Gasteiger charge is -2.48. The molecule has 2 aliphatic carbocycles. The van der Waals surface area contributed by atoms with Crippen LogP contribution in [0.25, 0.3) is 0 Å². The number of halogens is 4. The third-order valence-corrected chi connectivity index (χ3v) is 9.68. The third kappa shape index (κ3) is 6.10. The molecular weight excluding hydrogens is 709 g/mol.